The van der Waals surface area contributed by atoms with E-state index in [1.54, 1.807) is 0 Å². The minimum absolute atomic E-state index is 0.0782. The van der Waals surface area contributed by atoms with Gasteiger partial charge in [-0.05, 0) is 66.6 Å². The van der Waals surface area contributed by atoms with Gasteiger partial charge in [0.2, 0.25) is 0 Å². The molecule has 1 aliphatic rings. The molecule has 2 N–H and O–H groups in total. The van der Waals surface area contributed by atoms with E-state index >= 15 is 0 Å². The van der Waals surface area contributed by atoms with Crippen LogP contribution in [0.15, 0.2) is 29.1 Å². The maximum absolute atomic E-state index is 12.8. The van der Waals surface area contributed by atoms with Gasteiger partial charge in [-0.15, -0.1) is 5.10 Å². The Bertz CT molecular complexity index is 1090. The first kappa shape index (κ1) is 22.6. The molecule has 0 amide bonds. The van der Waals surface area contributed by atoms with Crippen molar-refractivity contribution >= 4 is 10.9 Å². The number of aryl methyl sites for hydroxylation is 1. The molecule has 0 radical (unpaired) electrons. The van der Waals surface area contributed by atoms with Crippen LogP contribution < -0.4 is 5.56 Å². The zero-order chi connectivity index (χ0) is 22.5. The summed E-state index contributed by atoms with van der Waals surface area (Å²) in [4.78, 5) is 18.0. The van der Waals surface area contributed by atoms with Crippen LogP contribution in [0.25, 0.3) is 10.9 Å². The predicted molar refractivity (Wildman–Crippen MR) is 121 cm³/mol. The maximum Gasteiger partial charge on any atom is 0.252 e. The summed E-state index contributed by atoms with van der Waals surface area (Å²) in [7, 11) is 0. The molecule has 1 saturated heterocycles. The number of ether oxygens (including phenoxy) is 1. The smallest absolute Gasteiger partial charge is 0.252 e. The fraction of sp³-hybridized carbons (Fsp3) is 0.565. The highest BCUT2D eigenvalue weighted by Gasteiger charge is 2.27. The topological polar surface area (TPSA) is 109 Å². The van der Waals surface area contributed by atoms with Gasteiger partial charge in [0.15, 0.2) is 5.82 Å². The van der Waals surface area contributed by atoms with Crippen molar-refractivity contribution in [3.63, 3.8) is 0 Å². The first-order valence-electron chi connectivity index (χ1n) is 11.4. The Kier molecular flexibility index (Phi) is 7.29. The minimum Gasteiger partial charge on any atom is -0.396 e. The lowest BCUT2D eigenvalue weighted by atomic mass is 10.1. The van der Waals surface area contributed by atoms with Crippen molar-refractivity contribution in [1.82, 2.24) is 30.1 Å². The summed E-state index contributed by atoms with van der Waals surface area (Å²) in [6.07, 6.45) is 3.59. The molecule has 0 unspecified atom stereocenters. The second kappa shape index (κ2) is 10.3. The lowest BCUT2D eigenvalue weighted by Gasteiger charge is -2.30. The number of hydrogen-bond donors (Lipinski definition) is 2. The van der Waals surface area contributed by atoms with E-state index in [2.05, 4.69) is 38.4 Å². The van der Waals surface area contributed by atoms with Crippen molar-refractivity contribution in [3.05, 3.63) is 51.6 Å². The van der Waals surface area contributed by atoms with Crippen LogP contribution in [0, 0.1) is 6.92 Å². The van der Waals surface area contributed by atoms with Crippen LogP contribution in [0.1, 0.15) is 55.6 Å². The second-order valence-electron chi connectivity index (χ2n) is 8.54. The first-order chi connectivity index (χ1) is 15.6. The largest absolute Gasteiger partial charge is 0.396 e. The van der Waals surface area contributed by atoms with Crippen molar-refractivity contribution < 1.29 is 9.84 Å². The number of aromatic nitrogens is 5. The van der Waals surface area contributed by atoms with Crippen LogP contribution in [0.4, 0.5) is 0 Å². The summed E-state index contributed by atoms with van der Waals surface area (Å²) < 4.78 is 7.61. The van der Waals surface area contributed by atoms with E-state index in [1.165, 1.54) is 0 Å². The second-order valence-corrected chi connectivity index (χ2v) is 8.54. The normalized spacial score (nSPS) is 17.4. The fourth-order valence-electron chi connectivity index (χ4n) is 4.49. The highest BCUT2D eigenvalue weighted by atomic mass is 16.5. The van der Waals surface area contributed by atoms with Crippen LogP contribution in [0.3, 0.4) is 0 Å². The molecule has 3 heterocycles. The molecular weight excluding hydrogens is 408 g/mol. The predicted octanol–water partition coefficient (Wildman–Crippen LogP) is 2.34. The standard InChI is InChI=1S/C23H32N6O3/c1-3-21(22-25-26-27-29(22)15-19-6-4-11-32-19)28(9-5-10-30)14-18-13-17-12-16(2)7-8-20(17)24-23(18)31/h7-8,12-13,19,21,30H,3-6,9-11,14-15H2,1-2H3,(H,24,31)/t19-,21+/m0/s1. The van der Waals surface area contributed by atoms with Gasteiger partial charge >= 0.3 is 0 Å². The molecule has 0 spiro atoms. The lowest BCUT2D eigenvalue weighted by molar-refractivity contribution is 0.0888. The third-order valence-electron chi connectivity index (χ3n) is 6.14. The van der Waals surface area contributed by atoms with Gasteiger partial charge in [-0.25, -0.2) is 4.68 Å². The Morgan fingerprint density at radius 2 is 2.25 bits per heavy atom. The maximum atomic E-state index is 12.8. The molecule has 2 aromatic heterocycles. The van der Waals surface area contributed by atoms with Crippen molar-refractivity contribution in [2.45, 2.75) is 64.8 Å². The Morgan fingerprint density at radius 1 is 1.38 bits per heavy atom. The van der Waals surface area contributed by atoms with E-state index in [0.29, 0.717) is 31.6 Å². The summed E-state index contributed by atoms with van der Waals surface area (Å²) in [6, 6.07) is 7.90. The van der Waals surface area contributed by atoms with E-state index in [1.807, 2.05) is 29.8 Å². The number of nitrogens with one attached hydrogen (secondary N) is 1. The number of rotatable bonds is 10. The fourth-order valence-corrected chi connectivity index (χ4v) is 4.49. The van der Waals surface area contributed by atoms with Gasteiger partial charge in [0, 0.05) is 37.4 Å². The molecule has 2 atom stereocenters. The van der Waals surface area contributed by atoms with Gasteiger partial charge < -0.3 is 14.8 Å². The monoisotopic (exact) mass is 440 g/mol. The zero-order valence-electron chi connectivity index (χ0n) is 18.8. The van der Waals surface area contributed by atoms with Gasteiger partial charge in [-0.1, -0.05) is 18.6 Å². The number of nitrogens with zero attached hydrogens (tertiary/aromatic N) is 5. The van der Waals surface area contributed by atoms with Crippen molar-refractivity contribution in [2.24, 2.45) is 0 Å². The third-order valence-corrected chi connectivity index (χ3v) is 6.14. The minimum atomic E-state index is -0.0934. The number of fused-ring (bicyclic) bond motifs is 1. The molecule has 3 aromatic rings. The average Bonchev–Trinajstić information content (AvgIpc) is 3.46. The summed E-state index contributed by atoms with van der Waals surface area (Å²) in [5.74, 6) is 0.772. The lowest BCUT2D eigenvalue weighted by Crippen LogP contribution is -2.34. The average molecular weight is 441 g/mol. The Labute approximate surface area is 187 Å². The quantitative estimate of drug-likeness (QED) is 0.498. The molecule has 1 fully saturated rings. The number of aromatic amines is 1. The molecule has 0 aliphatic carbocycles. The van der Waals surface area contributed by atoms with E-state index in [4.69, 9.17) is 4.74 Å². The number of hydrogen-bond acceptors (Lipinski definition) is 7. The highest BCUT2D eigenvalue weighted by Crippen LogP contribution is 2.26. The van der Waals surface area contributed by atoms with Gasteiger partial charge in [0.05, 0.1) is 18.7 Å². The molecule has 1 aromatic carbocycles. The van der Waals surface area contributed by atoms with E-state index in [0.717, 1.165) is 48.2 Å². The van der Waals surface area contributed by atoms with Gasteiger partial charge in [-0.3, -0.25) is 9.69 Å². The molecular formula is C23H32N6O3. The van der Waals surface area contributed by atoms with Crippen molar-refractivity contribution in [1.29, 1.82) is 0 Å². The molecule has 0 saturated carbocycles. The third kappa shape index (κ3) is 5.06. The molecule has 172 valence electrons. The summed E-state index contributed by atoms with van der Waals surface area (Å²) >= 11 is 0. The summed E-state index contributed by atoms with van der Waals surface area (Å²) in [6.45, 7) is 6.71. The Morgan fingerprint density at radius 3 is 3.00 bits per heavy atom. The number of benzene rings is 1. The van der Waals surface area contributed by atoms with E-state index in [-0.39, 0.29) is 24.3 Å². The SMILES string of the molecule is CC[C@H](c1nnnn1C[C@@H]1CCCO1)N(CCCO)Cc1cc2cc(C)ccc2[nH]c1=O. The zero-order valence-corrected chi connectivity index (χ0v) is 18.8. The molecule has 9 nitrogen and oxygen atoms in total. The number of H-pyrrole nitrogens is 1. The van der Waals surface area contributed by atoms with Crippen LogP contribution in [0.5, 0.6) is 0 Å². The number of aliphatic hydroxyl groups excluding tert-OH is 1. The Balaban J connectivity index is 1.63. The van der Waals surface area contributed by atoms with Crippen LogP contribution in [-0.4, -0.2) is 61.1 Å². The Hall–Kier alpha value is -2.62. The number of pyridine rings is 1. The molecule has 0 bridgehead atoms. The van der Waals surface area contributed by atoms with Crippen molar-refractivity contribution in [3.8, 4) is 0 Å². The van der Waals surface area contributed by atoms with Crippen molar-refractivity contribution in [2.75, 3.05) is 19.8 Å². The van der Waals surface area contributed by atoms with Crippen LogP contribution >= 0.6 is 0 Å². The molecule has 4 rings (SSSR count). The van der Waals surface area contributed by atoms with Gasteiger partial charge in [0.25, 0.3) is 5.56 Å². The van der Waals surface area contributed by atoms with Crippen LogP contribution in [-0.2, 0) is 17.8 Å². The summed E-state index contributed by atoms with van der Waals surface area (Å²) in [5.41, 5.74) is 2.58. The summed E-state index contributed by atoms with van der Waals surface area (Å²) in [5, 5.41) is 23.0. The molecule has 1 aliphatic heterocycles. The number of aliphatic hydroxyl groups is 1. The van der Waals surface area contributed by atoms with E-state index < -0.39 is 0 Å². The first-order valence-corrected chi connectivity index (χ1v) is 11.4. The molecule has 9 heteroatoms. The number of tetrazole rings is 1. The van der Waals surface area contributed by atoms with Gasteiger partial charge in [-0.2, -0.15) is 0 Å². The molecule has 32 heavy (non-hydrogen) atoms. The van der Waals surface area contributed by atoms with Gasteiger partial charge in [0.1, 0.15) is 0 Å². The highest BCUT2D eigenvalue weighted by molar-refractivity contribution is 5.79. The van der Waals surface area contributed by atoms with E-state index in [9.17, 15) is 9.90 Å². The van der Waals surface area contributed by atoms with Crippen LogP contribution in [0.2, 0.25) is 0 Å².